The summed E-state index contributed by atoms with van der Waals surface area (Å²) in [7, 11) is 0. The lowest BCUT2D eigenvalue weighted by Crippen LogP contribution is -2.50. The lowest BCUT2D eigenvalue weighted by atomic mass is 9.85. The number of carbonyl (C=O) groups excluding carboxylic acids is 2. The van der Waals surface area contributed by atoms with E-state index in [1.165, 1.54) is 0 Å². The first-order valence-corrected chi connectivity index (χ1v) is 11.0. The summed E-state index contributed by atoms with van der Waals surface area (Å²) >= 11 is 0. The van der Waals surface area contributed by atoms with Crippen LogP contribution in [0.25, 0.3) is 0 Å². The third-order valence-corrected chi connectivity index (χ3v) is 6.22. The number of nitrogens with one attached hydrogen (secondary N) is 2. The standard InChI is InChI=1S/C23H28N4O5/c1-14(24-23(30)31)22(29)27-11-9-17(10-12-27)20(16-5-3-2-4-6-16)25-21(28)18-13-19(32-26-18)15-7-8-15/h2-6,13-15,17,20,24H,7-12H2,1H3,(H,25,28)(H,30,31). The largest absolute Gasteiger partial charge is 0.465 e. The molecule has 9 heteroatoms. The van der Waals surface area contributed by atoms with Crippen LogP contribution >= 0.6 is 0 Å². The van der Waals surface area contributed by atoms with Crippen LogP contribution in [-0.4, -0.2) is 52.2 Å². The Morgan fingerprint density at radius 1 is 1.09 bits per heavy atom. The summed E-state index contributed by atoms with van der Waals surface area (Å²) < 4.78 is 5.33. The minimum Gasteiger partial charge on any atom is -0.465 e. The third kappa shape index (κ3) is 5.09. The highest BCUT2D eigenvalue weighted by Gasteiger charge is 2.33. The number of carboxylic acid groups (broad SMARTS) is 1. The number of hydrogen-bond donors (Lipinski definition) is 3. The van der Waals surface area contributed by atoms with Crippen molar-refractivity contribution in [3.8, 4) is 0 Å². The van der Waals surface area contributed by atoms with Crippen molar-refractivity contribution in [1.82, 2.24) is 20.7 Å². The predicted octanol–water partition coefficient (Wildman–Crippen LogP) is 2.92. The average Bonchev–Trinajstić information content (AvgIpc) is 3.53. The zero-order chi connectivity index (χ0) is 22.7. The second-order valence-corrected chi connectivity index (χ2v) is 8.58. The molecule has 1 aliphatic carbocycles. The fourth-order valence-corrected chi connectivity index (χ4v) is 4.28. The van der Waals surface area contributed by atoms with E-state index < -0.39 is 12.1 Å². The molecule has 1 saturated carbocycles. The smallest absolute Gasteiger partial charge is 0.405 e. The van der Waals surface area contributed by atoms with Crippen LogP contribution in [0.3, 0.4) is 0 Å². The zero-order valence-electron chi connectivity index (χ0n) is 18.0. The number of rotatable bonds is 7. The number of nitrogens with zero attached hydrogens (tertiary/aromatic N) is 2. The lowest BCUT2D eigenvalue weighted by Gasteiger charge is -2.37. The van der Waals surface area contributed by atoms with E-state index in [4.69, 9.17) is 9.63 Å². The Balaban J connectivity index is 1.43. The molecule has 9 nitrogen and oxygen atoms in total. The number of piperidine rings is 1. The zero-order valence-corrected chi connectivity index (χ0v) is 18.0. The molecule has 2 atom stereocenters. The van der Waals surface area contributed by atoms with Crippen LogP contribution in [0.2, 0.25) is 0 Å². The quantitative estimate of drug-likeness (QED) is 0.608. The van der Waals surface area contributed by atoms with Gasteiger partial charge in [-0.25, -0.2) is 4.79 Å². The summed E-state index contributed by atoms with van der Waals surface area (Å²) in [5, 5.41) is 18.1. The lowest BCUT2D eigenvalue weighted by molar-refractivity contribution is -0.134. The highest BCUT2D eigenvalue weighted by atomic mass is 16.5. The molecule has 1 aromatic carbocycles. The number of hydrogen-bond acceptors (Lipinski definition) is 5. The van der Waals surface area contributed by atoms with E-state index in [1.54, 1.807) is 17.9 Å². The van der Waals surface area contributed by atoms with Crippen LogP contribution in [0.15, 0.2) is 40.9 Å². The highest BCUT2D eigenvalue weighted by Crippen LogP contribution is 2.40. The van der Waals surface area contributed by atoms with Gasteiger partial charge in [0.2, 0.25) is 5.91 Å². The summed E-state index contributed by atoms with van der Waals surface area (Å²) in [6.07, 6.45) is 2.31. The number of benzene rings is 1. The number of aromatic nitrogens is 1. The van der Waals surface area contributed by atoms with Crippen molar-refractivity contribution in [3.05, 3.63) is 53.4 Å². The first-order chi connectivity index (χ1) is 15.4. The first-order valence-electron chi connectivity index (χ1n) is 11.0. The van der Waals surface area contributed by atoms with Gasteiger partial charge in [0.25, 0.3) is 5.91 Å². The van der Waals surface area contributed by atoms with E-state index >= 15 is 0 Å². The highest BCUT2D eigenvalue weighted by molar-refractivity contribution is 5.92. The molecule has 1 aliphatic heterocycles. The summed E-state index contributed by atoms with van der Waals surface area (Å²) in [6.45, 7) is 2.55. The van der Waals surface area contributed by atoms with Crippen LogP contribution in [0.5, 0.6) is 0 Å². The predicted molar refractivity (Wildman–Crippen MR) is 115 cm³/mol. The first kappa shape index (κ1) is 21.9. The Morgan fingerprint density at radius 2 is 1.78 bits per heavy atom. The molecule has 2 heterocycles. The van der Waals surface area contributed by atoms with E-state index in [2.05, 4.69) is 15.8 Å². The molecule has 1 saturated heterocycles. The Hall–Kier alpha value is -3.36. The van der Waals surface area contributed by atoms with Gasteiger partial charge in [-0.1, -0.05) is 35.5 Å². The van der Waals surface area contributed by atoms with E-state index in [-0.39, 0.29) is 29.5 Å². The van der Waals surface area contributed by atoms with Gasteiger partial charge in [0.05, 0.1) is 6.04 Å². The summed E-state index contributed by atoms with van der Waals surface area (Å²) in [6, 6.07) is 10.5. The second-order valence-electron chi connectivity index (χ2n) is 8.58. The van der Waals surface area contributed by atoms with Crippen molar-refractivity contribution in [2.75, 3.05) is 13.1 Å². The van der Waals surface area contributed by atoms with Gasteiger partial charge in [0.1, 0.15) is 11.8 Å². The van der Waals surface area contributed by atoms with Crippen LogP contribution in [-0.2, 0) is 4.79 Å². The Labute approximate surface area is 186 Å². The molecule has 3 N–H and O–H groups in total. The van der Waals surface area contributed by atoms with Crippen LogP contribution in [0, 0.1) is 5.92 Å². The second kappa shape index (κ2) is 9.42. The Kier molecular flexibility index (Phi) is 6.43. The van der Waals surface area contributed by atoms with Gasteiger partial charge in [-0.2, -0.15) is 0 Å². The van der Waals surface area contributed by atoms with Crippen LogP contribution in [0.4, 0.5) is 4.79 Å². The van der Waals surface area contributed by atoms with Crippen molar-refractivity contribution < 1.29 is 24.0 Å². The van der Waals surface area contributed by atoms with Crippen LogP contribution < -0.4 is 10.6 Å². The molecular weight excluding hydrogens is 412 g/mol. The summed E-state index contributed by atoms with van der Waals surface area (Å²) in [5.74, 6) is 0.771. The summed E-state index contributed by atoms with van der Waals surface area (Å²) in [4.78, 5) is 38.0. The van der Waals surface area contributed by atoms with E-state index in [9.17, 15) is 14.4 Å². The van der Waals surface area contributed by atoms with Gasteiger partial charge in [-0.15, -0.1) is 0 Å². The van der Waals surface area contributed by atoms with E-state index in [0.717, 1.165) is 24.2 Å². The molecule has 170 valence electrons. The Bertz CT molecular complexity index is 964. The molecule has 0 radical (unpaired) electrons. The SMILES string of the molecule is CC(NC(=O)O)C(=O)N1CCC(C(NC(=O)c2cc(C3CC3)on2)c2ccccc2)CC1. The minimum atomic E-state index is -1.22. The summed E-state index contributed by atoms with van der Waals surface area (Å²) in [5.41, 5.74) is 1.28. The molecule has 2 aromatic rings. The fraction of sp³-hybridized carbons (Fsp3) is 0.478. The van der Waals surface area contributed by atoms with Gasteiger partial charge in [0.15, 0.2) is 5.69 Å². The molecule has 3 amide bonds. The van der Waals surface area contributed by atoms with Crippen molar-refractivity contribution in [1.29, 1.82) is 0 Å². The minimum absolute atomic E-state index is 0.128. The van der Waals surface area contributed by atoms with E-state index in [1.807, 2.05) is 30.3 Å². The monoisotopic (exact) mass is 440 g/mol. The van der Waals surface area contributed by atoms with Crippen LogP contribution in [0.1, 0.15) is 66.4 Å². The van der Waals surface area contributed by atoms with Gasteiger partial charge in [0, 0.05) is 25.1 Å². The normalized spacial score (nSPS) is 18.6. The topological polar surface area (TPSA) is 125 Å². The molecule has 2 fully saturated rings. The average molecular weight is 441 g/mol. The van der Waals surface area contributed by atoms with Crippen molar-refractivity contribution in [2.24, 2.45) is 5.92 Å². The number of amides is 3. The fourth-order valence-electron chi connectivity index (χ4n) is 4.28. The maximum Gasteiger partial charge on any atom is 0.405 e. The molecule has 32 heavy (non-hydrogen) atoms. The van der Waals surface area contributed by atoms with Gasteiger partial charge >= 0.3 is 6.09 Å². The maximum absolute atomic E-state index is 12.9. The molecule has 2 unspecified atom stereocenters. The Morgan fingerprint density at radius 3 is 2.41 bits per heavy atom. The van der Waals surface area contributed by atoms with Crippen molar-refractivity contribution in [2.45, 2.75) is 50.6 Å². The van der Waals surface area contributed by atoms with Gasteiger partial charge in [-0.3, -0.25) is 9.59 Å². The maximum atomic E-state index is 12.9. The molecular formula is C23H28N4O5. The number of likely N-dealkylation sites (tertiary alicyclic amines) is 1. The van der Waals surface area contributed by atoms with Crippen molar-refractivity contribution in [3.63, 3.8) is 0 Å². The van der Waals surface area contributed by atoms with Gasteiger partial charge in [-0.05, 0) is 44.1 Å². The van der Waals surface area contributed by atoms with E-state index in [0.29, 0.717) is 31.8 Å². The van der Waals surface area contributed by atoms with Crippen molar-refractivity contribution >= 4 is 17.9 Å². The molecule has 2 aliphatic rings. The third-order valence-electron chi connectivity index (χ3n) is 6.22. The molecule has 1 aromatic heterocycles. The molecule has 0 bridgehead atoms. The van der Waals surface area contributed by atoms with Gasteiger partial charge < -0.3 is 25.2 Å². The number of carbonyl (C=O) groups is 3. The molecule has 4 rings (SSSR count). The molecule has 0 spiro atoms.